The highest BCUT2D eigenvalue weighted by Crippen LogP contribution is 2.42. The number of nitrogens with two attached hydrogens (primary N) is 1. The summed E-state index contributed by atoms with van der Waals surface area (Å²) in [5, 5.41) is 4.33. The topological polar surface area (TPSA) is 53.1 Å². The highest BCUT2D eigenvalue weighted by Gasteiger charge is 2.40. The van der Waals surface area contributed by atoms with Crippen molar-refractivity contribution in [2.75, 3.05) is 5.73 Å². The van der Waals surface area contributed by atoms with Gasteiger partial charge in [0, 0.05) is 18.3 Å². The van der Waals surface area contributed by atoms with Gasteiger partial charge in [-0.3, -0.25) is 4.68 Å². The number of rotatable bonds is 3. The Hall–Kier alpha value is -2.04. The molecule has 0 atom stereocenters. The van der Waals surface area contributed by atoms with Crippen molar-refractivity contribution in [2.45, 2.75) is 25.3 Å². The van der Waals surface area contributed by atoms with Crippen LogP contribution in [0.4, 0.5) is 10.1 Å². The van der Waals surface area contributed by atoms with Gasteiger partial charge in [-0.15, -0.1) is 5.10 Å². The van der Waals surface area contributed by atoms with E-state index in [1.165, 1.54) is 12.1 Å². The van der Waals surface area contributed by atoms with Gasteiger partial charge in [-0.05, 0) is 31.9 Å². The molecule has 4 nitrogen and oxygen atoms in total. The number of benzene rings is 1. The number of halogens is 1. The fraction of sp³-hybridized carbons (Fsp3) is 0.308. The molecule has 18 heavy (non-hydrogen) atoms. The van der Waals surface area contributed by atoms with Crippen LogP contribution >= 0.6 is 0 Å². The molecule has 0 aliphatic heterocycles. The number of aromatic nitrogens is 2. The molecule has 1 fully saturated rings. The van der Waals surface area contributed by atoms with Crippen molar-refractivity contribution in [1.29, 1.82) is 0 Å². The Morgan fingerprint density at radius 2 is 2.17 bits per heavy atom. The molecule has 5 heteroatoms. The lowest BCUT2D eigenvalue weighted by atomic mass is 10.3. The van der Waals surface area contributed by atoms with Crippen LogP contribution < -0.4 is 10.5 Å². The van der Waals surface area contributed by atoms with E-state index in [2.05, 4.69) is 12.0 Å². The third-order valence-electron chi connectivity index (χ3n) is 3.29. The van der Waals surface area contributed by atoms with Crippen LogP contribution in [0.3, 0.4) is 0 Å². The Bertz CT molecular complexity index is 590. The smallest absolute Gasteiger partial charge is 0.238 e. The summed E-state index contributed by atoms with van der Waals surface area (Å²) in [5.74, 6) is 0.376. The fourth-order valence-corrected chi connectivity index (χ4v) is 1.76. The van der Waals surface area contributed by atoms with E-state index < -0.39 is 5.82 Å². The van der Waals surface area contributed by atoms with Gasteiger partial charge in [0.05, 0.1) is 11.2 Å². The van der Waals surface area contributed by atoms with Gasteiger partial charge in [0.2, 0.25) is 5.88 Å². The van der Waals surface area contributed by atoms with Gasteiger partial charge < -0.3 is 10.5 Å². The highest BCUT2D eigenvalue weighted by atomic mass is 19.1. The monoisotopic (exact) mass is 247 g/mol. The van der Waals surface area contributed by atoms with Crippen LogP contribution in [0.1, 0.15) is 19.8 Å². The van der Waals surface area contributed by atoms with Gasteiger partial charge in [-0.25, -0.2) is 4.39 Å². The zero-order valence-electron chi connectivity index (χ0n) is 10.1. The quantitative estimate of drug-likeness (QED) is 0.848. The summed E-state index contributed by atoms with van der Waals surface area (Å²) < 4.78 is 20.6. The Morgan fingerprint density at radius 1 is 1.39 bits per heavy atom. The molecule has 1 heterocycles. The van der Waals surface area contributed by atoms with E-state index in [9.17, 15) is 4.39 Å². The fourth-order valence-electron chi connectivity index (χ4n) is 1.76. The summed E-state index contributed by atoms with van der Waals surface area (Å²) in [4.78, 5) is 0. The molecule has 1 aromatic heterocycles. The van der Waals surface area contributed by atoms with Crippen LogP contribution in [-0.4, -0.2) is 9.78 Å². The summed E-state index contributed by atoms with van der Waals surface area (Å²) in [6.07, 6.45) is 4.14. The molecule has 1 aliphatic rings. The molecule has 0 amide bonds. The third-order valence-corrected chi connectivity index (χ3v) is 3.29. The molecule has 1 aromatic carbocycles. The van der Waals surface area contributed by atoms with Crippen LogP contribution in [0.5, 0.6) is 11.6 Å². The van der Waals surface area contributed by atoms with Crippen molar-refractivity contribution in [2.24, 2.45) is 0 Å². The van der Waals surface area contributed by atoms with E-state index in [0.717, 1.165) is 12.8 Å². The number of ether oxygens (including phenoxy) is 1. The van der Waals surface area contributed by atoms with E-state index in [-0.39, 0.29) is 11.2 Å². The molecule has 2 aromatic rings. The van der Waals surface area contributed by atoms with E-state index >= 15 is 0 Å². The average Bonchev–Trinajstić information content (AvgIpc) is 2.90. The van der Waals surface area contributed by atoms with Gasteiger partial charge in [-0.1, -0.05) is 0 Å². The predicted molar refractivity (Wildman–Crippen MR) is 66.0 cm³/mol. The maximum Gasteiger partial charge on any atom is 0.238 e. The second-order valence-corrected chi connectivity index (χ2v) is 4.88. The van der Waals surface area contributed by atoms with Crippen molar-refractivity contribution in [3.05, 3.63) is 36.3 Å². The Labute approximate surface area is 104 Å². The number of nitrogen functional groups attached to an aromatic ring is 1. The molecule has 1 aliphatic carbocycles. The van der Waals surface area contributed by atoms with Gasteiger partial charge in [0.25, 0.3) is 0 Å². The Balaban J connectivity index is 1.79. The second-order valence-electron chi connectivity index (χ2n) is 4.88. The van der Waals surface area contributed by atoms with Crippen LogP contribution in [0.25, 0.3) is 0 Å². The molecule has 3 rings (SSSR count). The minimum absolute atomic E-state index is 0.110. The molecule has 0 unspecified atom stereocenters. The molecule has 94 valence electrons. The third kappa shape index (κ3) is 1.92. The van der Waals surface area contributed by atoms with Gasteiger partial charge in [0.15, 0.2) is 0 Å². The SMILES string of the molecule is CC1(n2ccc(Oc3ccc(N)c(F)c3)n2)CC1. The van der Waals surface area contributed by atoms with E-state index in [4.69, 9.17) is 10.5 Å². The van der Waals surface area contributed by atoms with Gasteiger partial charge >= 0.3 is 0 Å². The lowest BCUT2D eigenvalue weighted by molar-refractivity contribution is 0.415. The Morgan fingerprint density at radius 3 is 2.83 bits per heavy atom. The molecular weight excluding hydrogens is 233 g/mol. The van der Waals surface area contributed by atoms with Crippen LogP contribution in [-0.2, 0) is 5.54 Å². The van der Waals surface area contributed by atoms with Gasteiger partial charge in [0.1, 0.15) is 11.6 Å². The van der Waals surface area contributed by atoms with E-state index in [0.29, 0.717) is 11.6 Å². The first-order valence-corrected chi connectivity index (χ1v) is 5.86. The molecule has 0 spiro atoms. The van der Waals surface area contributed by atoms with Crippen LogP contribution in [0.15, 0.2) is 30.5 Å². The van der Waals surface area contributed by atoms with Crippen LogP contribution in [0.2, 0.25) is 0 Å². The molecular formula is C13H14FN3O. The summed E-state index contributed by atoms with van der Waals surface area (Å²) >= 11 is 0. The van der Waals surface area contributed by atoms with Crippen molar-refractivity contribution < 1.29 is 9.13 Å². The maximum absolute atomic E-state index is 13.3. The summed E-state index contributed by atoms with van der Waals surface area (Å²) in [6, 6.07) is 6.13. The van der Waals surface area contributed by atoms with Crippen molar-refractivity contribution in [3.8, 4) is 11.6 Å². The summed E-state index contributed by atoms with van der Waals surface area (Å²) in [5.41, 5.74) is 5.64. The van der Waals surface area contributed by atoms with E-state index in [1.807, 2.05) is 10.9 Å². The average molecular weight is 247 g/mol. The van der Waals surface area contributed by atoms with Crippen molar-refractivity contribution in [3.63, 3.8) is 0 Å². The molecule has 0 bridgehead atoms. The zero-order chi connectivity index (χ0) is 12.8. The first-order valence-electron chi connectivity index (χ1n) is 5.86. The van der Waals surface area contributed by atoms with Crippen molar-refractivity contribution >= 4 is 5.69 Å². The number of hydrogen-bond donors (Lipinski definition) is 1. The standard InChI is InChI=1S/C13H14FN3O/c1-13(5-6-13)17-7-4-12(16-17)18-9-2-3-11(15)10(14)8-9/h2-4,7-8H,5-6,15H2,1H3. The largest absolute Gasteiger partial charge is 0.437 e. The molecule has 2 N–H and O–H groups in total. The predicted octanol–water partition coefficient (Wildman–Crippen LogP) is 2.91. The summed E-state index contributed by atoms with van der Waals surface area (Å²) in [7, 11) is 0. The zero-order valence-corrected chi connectivity index (χ0v) is 10.1. The second kappa shape index (κ2) is 3.73. The minimum atomic E-state index is -0.485. The van der Waals surface area contributed by atoms with Crippen LogP contribution in [0, 0.1) is 5.82 Å². The first-order chi connectivity index (χ1) is 8.57. The highest BCUT2D eigenvalue weighted by molar-refractivity contribution is 5.44. The minimum Gasteiger partial charge on any atom is -0.437 e. The molecule has 0 saturated heterocycles. The van der Waals surface area contributed by atoms with Crippen molar-refractivity contribution in [1.82, 2.24) is 9.78 Å². The molecule has 0 radical (unpaired) electrons. The maximum atomic E-state index is 13.3. The lowest BCUT2D eigenvalue weighted by Crippen LogP contribution is -2.12. The summed E-state index contributed by atoms with van der Waals surface area (Å²) in [6.45, 7) is 2.15. The first kappa shape index (κ1) is 11.1. The number of anilines is 1. The number of hydrogen-bond acceptors (Lipinski definition) is 3. The molecule has 1 saturated carbocycles. The number of nitrogens with zero attached hydrogens (tertiary/aromatic N) is 2. The Kier molecular flexibility index (Phi) is 2.29. The van der Waals surface area contributed by atoms with E-state index in [1.54, 1.807) is 12.1 Å². The van der Waals surface area contributed by atoms with Gasteiger partial charge in [-0.2, -0.15) is 0 Å². The normalized spacial score (nSPS) is 16.6. The lowest BCUT2D eigenvalue weighted by Gasteiger charge is -2.08.